The predicted molar refractivity (Wildman–Crippen MR) is 116 cm³/mol. The molecule has 1 aliphatic heterocycles. The molecule has 2 unspecified atom stereocenters. The summed E-state index contributed by atoms with van der Waals surface area (Å²) < 4.78 is 20.5. The first-order chi connectivity index (χ1) is 14.0. The van der Waals surface area contributed by atoms with Crippen molar-refractivity contribution in [3.8, 4) is 5.75 Å². The zero-order valence-corrected chi connectivity index (χ0v) is 17.6. The highest BCUT2D eigenvalue weighted by atomic mass is 19.1. The molecule has 158 valence electrons. The minimum atomic E-state index is -0.944. The number of rotatable bonds is 9. The number of nitrogens with one attached hydrogen (secondary N) is 1. The zero-order chi connectivity index (χ0) is 20.8. The van der Waals surface area contributed by atoms with Crippen LogP contribution in [0.4, 0.5) is 15.8 Å². The highest BCUT2D eigenvalue weighted by Gasteiger charge is 2.23. The van der Waals surface area contributed by atoms with Gasteiger partial charge in [-0.2, -0.15) is 0 Å². The Morgan fingerprint density at radius 1 is 1.28 bits per heavy atom. The number of ether oxygens (including phenoxy) is 1. The van der Waals surface area contributed by atoms with Crippen LogP contribution in [0.2, 0.25) is 0 Å². The maximum atomic E-state index is 14.8. The lowest BCUT2D eigenvalue weighted by atomic mass is 10.1. The van der Waals surface area contributed by atoms with Gasteiger partial charge in [0.1, 0.15) is 11.6 Å². The second-order valence-corrected chi connectivity index (χ2v) is 7.61. The summed E-state index contributed by atoms with van der Waals surface area (Å²) in [5.74, 6) is 0.439. The SMILES string of the molecule is CCCCOc1ccc(C(O)N(C)c2ccc(N3CCC(NC)C3)cc2F)cc1. The van der Waals surface area contributed by atoms with Crippen LogP contribution in [-0.4, -0.2) is 44.9 Å². The third-order valence-electron chi connectivity index (χ3n) is 5.58. The van der Waals surface area contributed by atoms with E-state index in [1.807, 2.05) is 37.4 Å². The predicted octanol–water partition coefficient (Wildman–Crippen LogP) is 3.93. The van der Waals surface area contributed by atoms with Crippen LogP contribution in [0.25, 0.3) is 0 Å². The largest absolute Gasteiger partial charge is 0.494 e. The molecule has 0 bridgehead atoms. The molecular formula is C23H32FN3O2. The molecule has 29 heavy (non-hydrogen) atoms. The topological polar surface area (TPSA) is 48.0 Å². The lowest BCUT2D eigenvalue weighted by molar-refractivity contribution is 0.177. The van der Waals surface area contributed by atoms with Gasteiger partial charge in [0.2, 0.25) is 0 Å². The second kappa shape index (κ2) is 9.94. The number of unbranched alkanes of at least 4 members (excludes halogenated alkanes) is 1. The van der Waals surface area contributed by atoms with Crippen molar-refractivity contribution in [2.45, 2.75) is 38.5 Å². The Bertz CT molecular complexity index is 784. The van der Waals surface area contributed by atoms with Gasteiger partial charge in [0.25, 0.3) is 0 Å². The molecule has 0 amide bonds. The monoisotopic (exact) mass is 401 g/mol. The van der Waals surface area contributed by atoms with Gasteiger partial charge in [-0.15, -0.1) is 0 Å². The summed E-state index contributed by atoms with van der Waals surface area (Å²) in [5.41, 5.74) is 1.93. The first-order valence-electron chi connectivity index (χ1n) is 10.4. The zero-order valence-electron chi connectivity index (χ0n) is 17.6. The molecule has 0 aliphatic carbocycles. The van der Waals surface area contributed by atoms with E-state index >= 15 is 0 Å². The molecule has 1 aliphatic rings. The molecule has 2 aromatic carbocycles. The summed E-state index contributed by atoms with van der Waals surface area (Å²) in [5, 5.41) is 14.0. The van der Waals surface area contributed by atoms with Crippen LogP contribution < -0.4 is 19.9 Å². The van der Waals surface area contributed by atoms with Crippen molar-refractivity contribution in [1.82, 2.24) is 5.32 Å². The van der Waals surface area contributed by atoms with Crippen LogP contribution >= 0.6 is 0 Å². The van der Waals surface area contributed by atoms with E-state index in [1.54, 1.807) is 24.1 Å². The summed E-state index contributed by atoms with van der Waals surface area (Å²) in [4.78, 5) is 3.73. The lowest BCUT2D eigenvalue weighted by Crippen LogP contribution is -2.29. The fourth-order valence-electron chi connectivity index (χ4n) is 3.63. The van der Waals surface area contributed by atoms with E-state index in [2.05, 4.69) is 17.1 Å². The van der Waals surface area contributed by atoms with Gasteiger partial charge < -0.3 is 25.0 Å². The van der Waals surface area contributed by atoms with E-state index in [0.717, 1.165) is 43.8 Å². The molecule has 6 heteroatoms. The number of halogens is 1. The number of aliphatic hydroxyl groups excluding tert-OH is 1. The number of likely N-dealkylation sites (N-methyl/N-ethyl adjacent to an activating group) is 1. The quantitative estimate of drug-likeness (QED) is 0.493. The number of hydrogen-bond acceptors (Lipinski definition) is 5. The van der Waals surface area contributed by atoms with Crippen molar-refractivity contribution in [1.29, 1.82) is 0 Å². The van der Waals surface area contributed by atoms with Crippen molar-refractivity contribution >= 4 is 11.4 Å². The van der Waals surface area contributed by atoms with Crippen molar-refractivity contribution in [2.24, 2.45) is 0 Å². The fourth-order valence-corrected chi connectivity index (χ4v) is 3.63. The number of nitrogens with zero attached hydrogens (tertiary/aromatic N) is 2. The third kappa shape index (κ3) is 5.19. The average Bonchev–Trinajstić information content (AvgIpc) is 3.23. The smallest absolute Gasteiger partial charge is 0.153 e. The normalized spacial score (nSPS) is 17.4. The van der Waals surface area contributed by atoms with E-state index in [-0.39, 0.29) is 5.82 Å². The Morgan fingerprint density at radius 2 is 2.03 bits per heavy atom. The van der Waals surface area contributed by atoms with Crippen LogP contribution in [0.15, 0.2) is 42.5 Å². The highest BCUT2D eigenvalue weighted by Crippen LogP contribution is 2.31. The molecule has 0 saturated carbocycles. The Balaban J connectivity index is 1.66. The first-order valence-corrected chi connectivity index (χ1v) is 10.4. The molecule has 5 nitrogen and oxygen atoms in total. The molecule has 2 aromatic rings. The molecule has 0 aromatic heterocycles. The van der Waals surface area contributed by atoms with Crippen LogP contribution in [0.5, 0.6) is 5.75 Å². The molecule has 2 N–H and O–H groups in total. The molecule has 1 saturated heterocycles. The van der Waals surface area contributed by atoms with Gasteiger partial charge in [0, 0.05) is 37.4 Å². The van der Waals surface area contributed by atoms with Crippen molar-refractivity contribution in [2.75, 3.05) is 43.6 Å². The Labute approximate surface area is 173 Å². The van der Waals surface area contributed by atoms with Gasteiger partial charge >= 0.3 is 0 Å². The van der Waals surface area contributed by atoms with Gasteiger partial charge in [-0.25, -0.2) is 4.39 Å². The Morgan fingerprint density at radius 3 is 2.66 bits per heavy atom. The summed E-state index contributed by atoms with van der Waals surface area (Å²) in [6, 6.07) is 13.0. The van der Waals surface area contributed by atoms with E-state index in [4.69, 9.17) is 4.74 Å². The van der Waals surface area contributed by atoms with Gasteiger partial charge in [-0.3, -0.25) is 0 Å². The minimum Gasteiger partial charge on any atom is -0.494 e. The minimum absolute atomic E-state index is 0.337. The Hall–Kier alpha value is -2.31. The summed E-state index contributed by atoms with van der Waals surface area (Å²) in [7, 11) is 3.65. The van der Waals surface area contributed by atoms with Crippen molar-refractivity contribution < 1.29 is 14.2 Å². The van der Waals surface area contributed by atoms with Crippen LogP contribution in [0, 0.1) is 5.82 Å². The van der Waals surface area contributed by atoms with E-state index < -0.39 is 6.23 Å². The maximum absolute atomic E-state index is 14.8. The molecule has 3 rings (SSSR count). The van der Waals surface area contributed by atoms with E-state index in [9.17, 15) is 9.50 Å². The molecule has 2 atom stereocenters. The standard InChI is InChI=1S/C23H32FN3O2/c1-4-5-14-29-20-9-6-17(7-10-20)23(28)26(3)22-11-8-19(15-21(22)24)27-13-12-18(16-27)25-2/h6-11,15,18,23,25,28H,4-5,12-14,16H2,1-3H3. The number of hydrogen-bond donors (Lipinski definition) is 2. The van der Waals surface area contributed by atoms with Crippen molar-refractivity contribution in [3.05, 3.63) is 53.8 Å². The lowest BCUT2D eigenvalue weighted by Gasteiger charge is -2.27. The van der Waals surface area contributed by atoms with Crippen LogP contribution in [-0.2, 0) is 0 Å². The maximum Gasteiger partial charge on any atom is 0.153 e. The van der Waals surface area contributed by atoms with E-state index in [1.165, 1.54) is 0 Å². The van der Waals surface area contributed by atoms with E-state index in [0.29, 0.717) is 23.9 Å². The molecule has 1 heterocycles. The van der Waals surface area contributed by atoms with Gasteiger partial charge in [0.05, 0.1) is 12.3 Å². The summed E-state index contributed by atoms with van der Waals surface area (Å²) in [6.45, 7) is 4.59. The number of aliphatic hydroxyl groups is 1. The van der Waals surface area contributed by atoms with Crippen LogP contribution in [0.1, 0.15) is 38.0 Å². The molecule has 1 fully saturated rings. The summed E-state index contributed by atoms with van der Waals surface area (Å²) in [6.07, 6.45) is 2.20. The number of anilines is 2. The molecule has 0 spiro atoms. The average molecular weight is 402 g/mol. The molecular weight excluding hydrogens is 369 g/mol. The van der Waals surface area contributed by atoms with Gasteiger partial charge in [0.15, 0.2) is 6.23 Å². The second-order valence-electron chi connectivity index (χ2n) is 7.61. The Kier molecular flexibility index (Phi) is 7.34. The van der Waals surface area contributed by atoms with Gasteiger partial charge in [-0.1, -0.05) is 25.5 Å². The first kappa shape index (κ1) is 21.4. The third-order valence-corrected chi connectivity index (χ3v) is 5.58. The van der Waals surface area contributed by atoms with Crippen molar-refractivity contribution in [3.63, 3.8) is 0 Å². The number of benzene rings is 2. The van der Waals surface area contributed by atoms with Gasteiger partial charge in [-0.05, 0) is 50.2 Å². The van der Waals surface area contributed by atoms with Crippen LogP contribution in [0.3, 0.4) is 0 Å². The highest BCUT2D eigenvalue weighted by molar-refractivity contribution is 5.58. The molecule has 0 radical (unpaired) electrons. The summed E-state index contributed by atoms with van der Waals surface area (Å²) >= 11 is 0. The fraction of sp³-hybridized carbons (Fsp3) is 0.478.